The number of nitrogens with zero attached hydrogens (tertiary/aromatic N) is 1. The number of hydrogen-bond acceptors (Lipinski definition) is 5. The Balaban J connectivity index is 1.58. The van der Waals surface area contributed by atoms with Crippen LogP contribution in [-0.4, -0.2) is 24.5 Å². The average Bonchev–Trinajstić information content (AvgIpc) is 3.25. The highest BCUT2D eigenvalue weighted by Crippen LogP contribution is 2.31. The molecule has 1 amide bonds. The standard InChI is InChI=1S/C19H20N2O2S2/c1-13-21-19(16-8-5-11-24-16)17(25-13)12-18(22)20-10-9-14-6-3-4-7-15(14)23-2/h3-8,11H,9-10,12H2,1-2H3,(H,20,22). The SMILES string of the molecule is COc1ccccc1CCNC(=O)Cc1sc(C)nc1-c1cccs1. The van der Waals surface area contributed by atoms with Crippen molar-refractivity contribution in [1.29, 1.82) is 0 Å². The molecule has 3 rings (SSSR count). The number of methoxy groups -OCH3 is 1. The van der Waals surface area contributed by atoms with Crippen molar-refractivity contribution in [3.63, 3.8) is 0 Å². The van der Waals surface area contributed by atoms with Gasteiger partial charge in [-0.25, -0.2) is 4.98 Å². The lowest BCUT2D eigenvalue weighted by Crippen LogP contribution is -2.27. The van der Waals surface area contributed by atoms with E-state index in [0.29, 0.717) is 13.0 Å². The van der Waals surface area contributed by atoms with Crippen molar-refractivity contribution >= 4 is 28.6 Å². The van der Waals surface area contributed by atoms with E-state index in [0.717, 1.165) is 38.2 Å². The number of carbonyl (C=O) groups excluding carboxylic acids is 1. The van der Waals surface area contributed by atoms with E-state index in [1.807, 2.05) is 48.7 Å². The van der Waals surface area contributed by atoms with Gasteiger partial charge in [-0.15, -0.1) is 22.7 Å². The van der Waals surface area contributed by atoms with E-state index >= 15 is 0 Å². The summed E-state index contributed by atoms with van der Waals surface area (Å²) in [5.74, 6) is 0.881. The number of ether oxygens (including phenoxy) is 1. The fourth-order valence-electron chi connectivity index (χ4n) is 2.65. The number of thiazole rings is 1. The molecule has 2 aromatic heterocycles. The van der Waals surface area contributed by atoms with Crippen LogP contribution in [0.5, 0.6) is 5.75 Å². The second-order valence-corrected chi connectivity index (χ2v) is 7.81. The molecule has 0 bridgehead atoms. The molecule has 130 valence electrons. The Hall–Kier alpha value is -2.18. The van der Waals surface area contributed by atoms with Gasteiger partial charge in [-0.3, -0.25) is 4.79 Å². The van der Waals surface area contributed by atoms with E-state index in [1.165, 1.54) is 0 Å². The molecule has 2 heterocycles. The van der Waals surface area contributed by atoms with E-state index in [9.17, 15) is 4.79 Å². The molecule has 0 aliphatic rings. The predicted molar refractivity (Wildman–Crippen MR) is 104 cm³/mol. The summed E-state index contributed by atoms with van der Waals surface area (Å²) in [4.78, 5) is 19.1. The van der Waals surface area contributed by atoms with Crippen molar-refractivity contribution in [1.82, 2.24) is 10.3 Å². The van der Waals surface area contributed by atoms with Crippen LogP contribution in [0.25, 0.3) is 10.6 Å². The van der Waals surface area contributed by atoms with E-state index in [1.54, 1.807) is 29.8 Å². The molecule has 0 saturated carbocycles. The van der Waals surface area contributed by atoms with Crippen LogP contribution in [0.4, 0.5) is 0 Å². The summed E-state index contributed by atoms with van der Waals surface area (Å²) >= 11 is 3.24. The summed E-state index contributed by atoms with van der Waals surface area (Å²) in [6, 6.07) is 11.9. The van der Waals surface area contributed by atoms with E-state index in [4.69, 9.17) is 4.74 Å². The zero-order valence-electron chi connectivity index (χ0n) is 14.2. The van der Waals surface area contributed by atoms with Gasteiger partial charge in [0.15, 0.2) is 0 Å². The minimum Gasteiger partial charge on any atom is -0.496 e. The fraction of sp³-hybridized carbons (Fsp3) is 0.263. The summed E-state index contributed by atoms with van der Waals surface area (Å²) in [6.07, 6.45) is 1.11. The van der Waals surface area contributed by atoms with Crippen molar-refractivity contribution < 1.29 is 9.53 Å². The summed E-state index contributed by atoms with van der Waals surface area (Å²) in [6.45, 7) is 2.57. The summed E-state index contributed by atoms with van der Waals surface area (Å²) in [5.41, 5.74) is 2.04. The molecular weight excluding hydrogens is 352 g/mol. The lowest BCUT2D eigenvalue weighted by Gasteiger charge is -2.09. The van der Waals surface area contributed by atoms with Crippen LogP contribution >= 0.6 is 22.7 Å². The first-order valence-electron chi connectivity index (χ1n) is 8.06. The molecule has 6 heteroatoms. The Bertz CT molecular complexity index is 841. The summed E-state index contributed by atoms with van der Waals surface area (Å²) in [5, 5.41) is 6.02. The molecule has 0 fully saturated rings. The van der Waals surface area contributed by atoms with Crippen molar-refractivity contribution in [3.8, 4) is 16.3 Å². The van der Waals surface area contributed by atoms with Crippen LogP contribution in [0.2, 0.25) is 0 Å². The number of nitrogens with one attached hydrogen (secondary N) is 1. The van der Waals surface area contributed by atoms with Gasteiger partial charge in [-0.1, -0.05) is 24.3 Å². The van der Waals surface area contributed by atoms with Gasteiger partial charge in [0.1, 0.15) is 5.75 Å². The third-order valence-corrected chi connectivity index (χ3v) is 5.64. The maximum absolute atomic E-state index is 12.3. The molecule has 0 radical (unpaired) electrons. The zero-order valence-corrected chi connectivity index (χ0v) is 15.9. The second kappa shape index (κ2) is 8.27. The Morgan fingerprint density at radius 1 is 1.24 bits per heavy atom. The number of hydrogen-bond donors (Lipinski definition) is 1. The molecule has 0 aliphatic heterocycles. The van der Waals surface area contributed by atoms with Crippen LogP contribution in [0.1, 0.15) is 15.4 Å². The Morgan fingerprint density at radius 3 is 2.84 bits per heavy atom. The van der Waals surface area contributed by atoms with Crippen molar-refractivity contribution in [2.75, 3.05) is 13.7 Å². The maximum atomic E-state index is 12.3. The van der Waals surface area contributed by atoms with E-state index in [-0.39, 0.29) is 5.91 Å². The van der Waals surface area contributed by atoms with Crippen LogP contribution < -0.4 is 10.1 Å². The van der Waals surface area contributed by atoms with E-state index < -0.39 is 0 Å². The number of thiophene rings is 1. The molecule has 4 nitrogen and oxygen atoms in total. The third-order valence-electron chi connectivity index (χ3n) is 3.79. The van der Waals surface area contributed by atoms with Gasteiger partial charge in [0.05, 0.1) is 29.1 Å². The number of benzene rings is 1. The molecule has 1 N–H and O–H groups in total. The normalized spacial score (nSPS) is 10.6. The molecule has 0 spiro atoms. The van der Waals surface area contributed by atoms with Crippen LogP contribution in [0, 0.1) is 6.92 Å². The first-order valence-corrected chi connectivity index (χ1v) is 9.75. The molecule has 0 aliphatic carbocycles. The van der Waals surface area contributed by atoms with Crippen LogP contribution in [-0.2, 0) is 17.6 Å². The van der Waals surface area contributed by atoms with Crippen molar-refractivity contribution in [2.24, 2.45) is 0 Å². The number of rotatable bonds is 7. The minimum atomic E-state index is 0.0244. The number of aryl methyl sites for hydroxylation is 1. The number of amides is 1. The average molecular weight is 373 g/mol. The van der Waals surface area contributed by atoms with Crippen LogP contribution in [0.3, 0.4) is 0 Å². The van der Waals surface area contributed by atoms with Gasteiger partial charge in [0.2, 0.25) is 5.91 Å². The van der Waals surface area contributed by atoms with Crippen molar-refractivity contribution in [3.05, 3.63) is 57.2 Å². The first-order chi connectivity index (χ1) is 12.2. The van der Waals surface area contributed by atoms with Gasteiger partial charge in [-0.2, -0.15) is 0 Å². The van der Waals surface area contributed by atoms with Gasteiger partial charge in [0, 0.05) is 11.4 Å². The maximum Gasteiger partial charge on any atom is 0.225 e. The largest absolute Gasteiger partial charge is 0.496 e. The lowest BCUT2D eigenvalue weighted by molar-refractivity contribution is -0.120. The Morgan fingerprint density at radius 2 is 2.08 bits per heavy atom. The number of carbonyl (C=O) groups is 1. The highest BCUT2D eigenvalue weighted by molar-refractivity contribution is 7.15. The highest BCUT2D eigenvalue weighted by Gasteiger charge is 2.15. The summed E-state index contributed by atoms with van der Waals surface area (Å²) < 4.78 is 5.34. The molecule has 25 heavy (non-hydrogen) atoms. The first kappa shape index (κ1) is 17.6. The van der Waals surface area contributed by atoms with Crippen LogP contribution in [0.15, 0.2) is 41.8 Å². The monoisotopic (exact) mass is 372 g/mol. The molecule has 0 unspecified atom stereocenters. The van der Waals surface area contributed by atoms with Gasteiger partial charge in [0.25, 0.3) is 0 Å². The molecule has 1 aromatic carbocycles. The molecular formula is C19H20N2O2S2. The second-order valence-electron chi connectivity index (χ2n) is 5.57. The number of para-hydroxylation sites is 1. The lowest BCUT2D eigenvalue weighted by atomic mass is 10.1. The Kier molecular flexibility index (Phi) is 5.83. The molecule has 0 saturated heterocycles. The summed E-state index contributed by atoms with van der Waals surface area (Å²) in [7, 11) is 1.66. The van der Waals surface area contributed by atoms with Gasteiger partial charge in [-0.05, 0) is 36.4 Å². The Labute approximate surface area is 155 Å². The predicted octanol–water partition coefficient (Wildman–Crippen LogP) is 4.09. The molecule has 3 aromatic rings. The van der Waals surface area contributed by atoms with Crippen molar-refractivity contribution in [2.45, 2.75) is 19.8 Å². The fourth-order valence-corrected chi connectivity index (χ4v) is 4.40. The smallest absolute Gasteiger partial charge is 0.225 e. The third kappa shape index (κ3) is 4.46. The minimum absolute atomic E-state index is 0.0244. The topological polar surface area (TPSA) is 51.2 Å². The van der Waals surface area contributed by atoms with E-state index in [2.05, 4.69) is 10.3 Å². The van der Waals surface area contributed by atoms with Gasteiger partial charge >= 0.3 is 0 Å². The quantitative estimate of drug-likeness (QED) is 0.680. The number of aromatic nitrogens is 1. The molecule has 0 atom stereocenters. The zero-order chi connectivity index (χ0) is 17.6. The highest BCUT2D eigenvalue weighted by atomic mass is 32.1. The van der Waals surface area contributed by atoms with Gasteiger partial charge < -0.3 is 10.1 Å².